The fourth-order valence-electron chi connectivity index (χ4n) is 3.17. The number of carbonyl (C=O) groups excluding carboxylic acids is 1. The van der Waals surface area contributed by atoms with E-state index in [2.05, 4.69) is 15.5 Å². The van der Waals surface area contributed by atoms with Crippen LogP contribution in [0.1, 0.15) is 20.3 Å². The molecule has 3 rings (SSSR count). The highest BCUT2D eigenvalue weighted by Gasteiger charge is 2.49. The maximum Gasteiger partial charge on any atom is 0.393 e. The lowest BCUT2D eigenvalue weighted by Crippen LogP contribution is -2.45. The molecule has 1 N–H and O–H groups in total. The zero-order chi connectivity index (χ0) is 19.8. The average Bonchev–Trinajstić information content (AvgIpc) is 3.21. The van der Waals surface area contributed by atoms with Gasteiger partial charge >= 0.3 is 12.2 Å². The summed E-state index contributed by atoms with van der Waals surface area (Å²) in [6, 6.07) is 3.58. The van der Waals surface area contributed by atoms with Crippen LogP contribution in [0.4, 0.5) is 23.6 Å². The van der Waals surface area contributed by atoms with Crippen molar-refractivity contribution in [2.45, 2.75) is 38.5 Å². The second kappa shape index (κ2) is 7.16. The Morgan fingerprint density at radius 1 is 1.30 bits per heavy atom. The number of hydrogen-bond acceptors (Lipinski definition) is 5. The lowest BCUT2D eigenvalue weighted by molar-refractivity contribution is -0.179. The van der Waals surface area contributed by atoms with E-state index in [0.717, 1.165) is 0 Å². The fourth-order valence-corrected chi connectivity index (χ4v) is 3.17. The van der Waals surface area contributed by atoms with E-state index >= 15 is 0 Å². The summed E-state index contributed by atoms with van der Waals surface area (Å²) in [5.41, 5.74) is 0.497. The summed E-state index contributed by atoms with van der Waals surface area (Å²) in [6.07, 6.45) is -4.44. The fraction of sp³-hybridized carbons (Fsp3) is 0.471. The number of anilines is 1. The summed E-state index contributed by atoms with van der Waals surface area (Å²) in [5, 5.41) is 10.3. The molecule has 0 aliphatic carbocycles. The van der Waals surface area contributed by atoms with E-state index in [0.29, 0.717) is 5.56 Å². The van der Waals surface area contributed by atoms with Gasteiger partial charge in [-0.1, -0.05) is 5.10 Å². The van der Waals surface area contributed by atoms with Gasteiger partial charge in [-0.2, -0.15) is 13.2 Å². The zero-order valence-electron chi connectivity index (χ0n) is 14.6. The standard InChI is InChI=1S/C17H18F4N4O2/c1-9(15(26)25-8-7-13(10(25)2)17(19,20)21)22-16-24-23-14(27-16)11-3-5-12(18)6-4-11/h3-6,9-10,13H,7-8H2,1-2H3,(H,22,24)/t9-,10+,13-/m1/s1. The largest absolute Gasteiger partial charge is 0.403 e. The first-order valence-electron chi connectivity index (χ1n) is 8.40. The lowest BCUT2D eigenvalue weighted by atomic mass is 10.0. The molecule has 1 saturated heterocycles. The van der Waals surface area contributed by atoms with Crippen LogP contribution in [-0.4, -0.2) is 45.8 Å². The Balaban J connectivity index is 1.65. The number of hydrogen-bond donors (Lipinski definition) is 1. The lowest BCUT2D eigenvalue weighted by Gasteiger charge is -2.28. The van der Waals surface area contributed by atoms with Crippen LogP contribution in [0.3, 0.4) is 0 Å². The van der Waals surface area contributed by atoms with Gasteiger partial charge in [0.1, 0.15) is 11.9 Å². The minimum absolute atomic E-state index is 0.0425. The van der Waals surface area contributed by atoms with Gasteiger partial charge in [-0.15, -0.1) is 5.10 Å². The highest BCUT2D eigenvalue weighted by Crippen LogP contribution is 2.38. The molecule has 0 radical (unpaired) electrons. The zero-order valence-corrected chi connectivity index (χ0v) is 14.6. The second-order valence-electron chi connectivity index (χ2n) is 6.49. The highest BCUT2D eigenvalue weighted by atomic mass is 19.4. The van der Waals surface area contributed by atoms with E-state index in [4.69, 9.17) is 4.42 Å². The summed E-state index contributed by atoms with van der Waals surface area (Å²) in [7, 11) is 0. The first-order valence-corrected chi connectivity index (χ1v) is 8.40. The average molecular weight is 386 g/mol. The molecule has 2 aromatic rings. The van der Waals surface area contributed by atoms with Gasteiger partial charge in [0, 0.05) is 18.2 Å². The number of nitrogens with one attached hydrogen (secondary N) is 1. The molecular formula is C17H18F4N4O2. The number of nitrogens with zero attached hydrogens (tertiary/aromatic N) is 3. The number of carbonyl (C=O) groups is 1. The van der Waals surface area contributed by atoms with Gasteiger partial charge < -0.3 is 14.6 Å². The van der Waals surface area contributed by atoms with Crippen molar-refractivity contribution in [2.24, 2.45) is 5.92 Å². The van der Waals surface area contributed by atoms with E-state index in [9.17, 15) is 22.4 Å². The molecule has 1 fully saturated rings. The van der Waals surface area contributed by atoms with Crippen molar-refractivity contribution in [3.05, 3.63) is 30.1 Å². The van der Waals surface area contributed by atoms with Crippen molar-refractivity contribution in [2.75, 3.05) is 11.9 Å². The predicted octanol–water partition coefficient (Wildman–Crippen LogP) is 3.48. The van der Waals surface area contributed by atoms with Gasteiger partial charge in [0.05, 0.1) is 5.92 Å². The van der Waals surface area contributed by atoms with Crippen LogP contribution in [0.15, 0.2) is 28.7 Å². The maximum atomic E-state index is 13.0. The Kier molecular flexibility index (Phi) is 5.07. The molecule has 1 aliphatic rings. The van der Waals surface area contributed by atoms with Crippen LogP contribution in [0.2, 0.25) is 0 Å². The summed E-state index contributed by atoms with van der Waals surface area (Å²) >= 11 is 0. The predicted molar refractivity (Wildman–Crippen MR) is 88.1 cm³/mol. The van der Waals surface area contributed by atoms with Crippen LogP contribution < -0.4 is 5.32 Å². The molecule has 10 heteroatoms. The molecular weight excluding hydrogens is 368 g/mol. The number of halogens is 4. The third kappa shape index (κ3) is 4.04. The van der Waals surface area contributed by atoms with Crippen LogP contribution in [-0.2, 0) is 4.79 Å². The SMILES string of the molecule is C[C@@H](Nc1nnc(-c2ccc(F)cc2)o1)C(=O)N1CC[C@@H](C(F)(F)F)[C@@H]1C. The Morgan fingerprint density at radius 3 is 2.56 bits per heavy atom. The Morgan fingerprint density at radius 2 is 1.96 bits per heavy atom. The highest BCUT2D eigenvalue weighted by molar-refractivity contribution is 5.84. The molecule has 2 heterocycles. The number of benzene rings is 1. The number of aromatic nitrogens is 2. The molecule has 3 atom stereocenters. The van der Waals surface area contributed by atoms with Crippen molar-refractivity contribution < 1.29 is 26.8 Å². The minimum Gasteiger partial charge on any atom is -0.403 e. The molecule has 6 nitrogen and oxygen atoms in total. The van der Waals surface area contributed by atoms with Crippen molar-refractivity contribution in [1.29, 1.82) is 0 Å². The first-order chi connectivity index (χ1) is 12.7. The van der Waals surface area contributed by atoms with Crippen molar-refractivity contribution in [3.8, 4) is 11.5 Å². The smallest absolute Gasteiger partial charge is 0.393 e. The molecule has 0 saturated carbocycles. The molecule has 27 heavy (non-hydrogen) atoms. The number of rotatable bonds is 4. The molecule has 1 amide bonds. The van der Waals surface area contributed by atoms with E-state index in [-0.39, 0.29) is 24.9 Å². The van der Waals surface area contributed by atoms with E-state index in [1.807, 2.05) is 0 Å². The Labute approximate surface area is 152 Å². The molecule has 0 bridgehead atoms. The first kappa shape index (κ1) is 19.1. The second-order valence-corrected chi connectivity index (χ2v) is 6.49. The third-order valence-corrected chi connectivity index (χ3v) is 4.69. The van der Waals surface area contributed by atoms with Crippen LogP contribution in [0.25, 0.3) is 11.5 Å². The molecule has 1 aromatic carbocycles. The van der Waals surface area contributed by atoms with E-state index < -0.39 is 35.9 Å². The molecule has 0 spiro atoms. The van der Waals surface area contributed by atoms with Crippen molar-refractivity contribution in [3.63, 3.8) is 0 Å². The van der Waals surface area contributed by atoms with Gasteiger partial charge in [0.2, 0.25) is 11.8 Å². The van der Waals surface area contributed by atoms with Crippen LogP contribution in [0.5, 0.6) is 0 Å². The van der Waals surface area contributed by atoms with Gasteiger partial charge in [-0.05, 0) is 44.5 Å². The van der Waals surface area contributed by atoms with Crippen LogP contribution in [0, 0.1) is 11.7 Å². The van der Waals surface area contributed by atoms with Gasteiger partial charge in [0.15, 0.2) is 0 Å². The maximum absolute atomic E-state index is 13.0. The Bertz CT molecular complexity index is 806. The number of amides is 1. The normalized spacial score (nSPS) is 21.3. The van der Waals surface area contributed by atoms with E-state index in [1.165, 1.54) is 43.0 Å². The summed E-state index contributed by atoms with van der Waals surface area (Å²) < 4.78 is 57.3. The topological polar surface area (TPSA) is 71.3 Å². The Hall–Kier alpha value is -2.65. The van der Waals surface area contributed by atoms with Crippen molar-refractivity contribution >= 4 is 11.9 Å². The number of likely N-dealkylation sites (tertiary alicyclic amines) is 1. The molecule has 146 valence electrons. The van der Waals surface area contributed by atoms with Gasteiger partial charge in [-0.25, -0.2) is 4.39 Å². The summed E-state index contributed by atoms with van der Waals surface area (Å²) in [5.74, 6) is -2.28. The summed E-state index contributed by atoms with van der Waals surface area (Å²) in [4.78, 5) is 13.7. The van der Waals surface area contributed by atoms with Gasteiger partial charge in [0.25, 0.3) is 0 Å². The third-order valence-electron chi connectivity index (χ3n) is 4.69. The minimum atomic E-state index is -4.33. The summed E-state index contributed by atoms with van der Waals surface area (Å²) in [6.45, 7) is 2.95. The number of alkyl halides is 3. The molecule has 0 unspecified atom stereocenters. The molecule has 1 aliphatic heterocycles. The van der Waals surface area contributed by atoms with E-state index in [1.54, 1.807) is 0 Å². The quantitative estimate of drug-likeness (QED) is 0.815. The van der Waals surface area contributed by atoms with Crippen LogP contribution >= 0.6 is 0 Å². The van der Waals surface area contributed by atoms with Gasteiger partial charge in [-0.3, -0.25) is 4.79 Å². The van der Waals surface area contributed by atoms with Crippen molar-refractivity contribution in [1.82, 2.24) is 15.1 Å². The monoisotopic (exact) mass is 386 g/mol. The molecule has 1 aromatic heterocycles.